The summed E-state index contributed by atoms with van der Waals surface area (Å²) in [5.41, 5.74) is 5.45. The third-order valence-corrected chi connectivity index (χ3v) is 6.44. The monoisotopic (exact) mass is 462 g/mol. The van der Waals surface area contributed by atoms with Gasteiger partial charge in [-0.25, -0.2) is 0 Å². The van der Waals surface area contributed by atoms with Crippen LogP contribution < -0.4 is 15.5 Å². The predicted molar refractivity (Wildman–Crippen MR) is 130 cm³/mol. The third-order valence-electron chi connectivity index (χ3n) is 6.44. The summed E-state index contributed by atoms with van der Waals surface area (Å²) in [5, 5.41) is 6.05. The number of ketones is 2. The van der Waals surface area contributed by atoms with Crippen LogP contribution in [0.2, 0.25) is 0 Å². The topological polar surface area (TPSA) is 98.8 Å². The highest BCUT2D eigenvalue weighted by molar-refractivity contribution is 6.07. The van der Waals surface area contributed by atoms with Crippen molar-refractivity contribution in [1.82, 2.24) is 10.2 Å². The molecule has 1 heterocycles. The lowest BCUT2D eigenvalue weighted by atomic mass is 9.92. The van der Waals surface area contributed by atoms with Gasteiger partial charge in [0, 0.05) is 50.5 Å². The van der Waals surface area contributed by atoms with E-state index in [1.54, 1.807) is 11.0 Å². The molecule has 178 valence electrons. The largest absolute Gasteiger partial charge is 0.377 e. The summed E-state index contributed by atoms with van der Waals surface area (Å²) in [6.45, 7) is 2.88. The van der Waals surface area contributed by atoms with E-state index in [0.29, 0.717) is 31.5 Å². The second kappa shape index (κ2) is 9.67. The van der Waals surface area contributed by atoms with E-state index in [1.165, 1.54) is 0 Å². The number of aryl methyl sites for hydroxylation is 1. The zero-order valence-corrected chi connectivity index (χ0v) is 19.8. The molecule has 8 heteroatoms. The van der Waals surface area contributed by atoms with E-state index in [9.17, 15) is 19.2 Å². The van der Waals surface area contributed by atoms with Crippen molar-refractivity contribution in [3.63, 3.8) is 0 Å². The Balaban J connectivity index is 1.31. The molecule has 1 atom stereocenters. The van der Waals surface area contributed by atoms with E-state index in [-0.39, 0.29) is 36.3 Å². The molecular weight excluding hydrogens is 432 g/mol. The first-order valence-electron chi connectivity index (χ1n) is 11.5. The molecule has 0 radical (unpaired) electrons. The molecule has 4 rings (SSSR count). The maximum atomic E-state index is 12.8. The van der Waals surface area contributed by atoms with Crippen molar-refractivity contribution < 1.29 is 19.2 Å². The van der Waals surface area contributed by atoms with E-state index in [0.717, 1.165) is 28.1 Å². The maximum Gasteiger partial charge on any atom is 0.255 e. The molecule has 1 fully saturated rings. The van der Waals surface area contributed by atoms with Crippen molar-refractivity contribution >= 4 is 34.8 Å². The SMILES string of the molecule is Cc1cc(NCC(=O)NCc2ccc3c(c2)CN(C2CCC(=O)CC2=O)C3=O)ccc1N(C)C. The molecule has 2 aromatic carbocycles. The van der Waals surface area contributed by atoms with Crippen LogP contribution in [0.5, 0.6) is 0 Å². The summed E-state index contributed by atoms with van der Waals surface area (Å²) in [6.07, 6.45) is 0.640. The summed E-state index contributed by atoms with van der Waals surface area (Å²) in [5.74, 6) is -0.536. The van der Waals surface area contributed by atoms with Crippen molar-refractivity contribution in [2.45, 2.75) is 45.3 Å². The van der Waals surface area contributed by atoms with Gasteiger partial charge in [-0.2, -0.15) is 0 Å². The van der Waals surface area contributed by atoms with E-state index in [1.807, 2.05) is 56.3 Å². The Kier molecular flexibility index (Phi) is 6.68. The van der Waals surface area contributed by atoms with Crippen LogP contribution in [-0.2, 0) is 27.5 Å². The van der Waals surface area contributed by atoms with Crippen molar-refractivity contribution in [3.05, 3.63) is 58.7 Å². The lowest BCUT2D eigenvalue weighted by Crippen LogP contribution is -2.44. The zero-order valence-electron chi connectivity index (χ0n) is 19.8. The first-order chi connectivity index (χ1) is 16.2. The van der Waals surface area contributed by atoms with Gasteiger partial charge < -0.3 is 20.4 Å². The molecule has 2 N–H and O–H groups in total. The maximum absolute atomic E-state index is 12.8. The molecule has 1 aliphatic carbocycles. The highest BCUT2D eigenvalue weighted by Crippen LogP contribution is 2.29. The van der Waals surface area contributed by atoms with Gasteiger partial charge in [-0.15, -0.1) is 0 Å². The third kappa shape index (κ3) is 4.95. The molecule has 0 bridgehead atoms. The predicted octanol–water partition coefficient (Wildman–Crippen LogP) is 2.44. The Morgan fingerprint density at radius 2 is 1.91 bits per heavy atom. The van der Waals surface area contributed by atoms with Crippen LogP contribution in [0, 0.1) is 6.92 Å². The molecule has 2 aromatic rings. The minimum atomic E-state index is -0.526. The van der Waals surface area contributed by atoms with Crippen molar-refractivity contribution in [1.29, 1.82) is 0 Å². The van der Waals surface area contributed by atoms with Crippen LogP contribution in [0.15, 0.2) is 36.4 Å². The van der Waals surface area contributed by atoms with Crippen LogP contribution in [-0.4, -0.2) is 55.0 Å². The first kappa shape index (κ1) is 23.5. The van der Waals surface area contributed by atoms with Gasteiger partial charge in [0.25, 0.3) is 5.91 Å². The second-order valence-corrected chi connectivity index (χ2v) is 9.19. The zero-order chi connectivity index (χ0) is 24.4. The molecule has 0 saturated heterocycles. The summed E-state index contributed by atoms with van der Waals surface area (Å²) in [7, 11) is 3.99. The molecule has 2 amide bonds. The van der Waals surface area contributed by atoms with Crippen molar-refractivity contribution in [2.24, 2.45) is 0 Å². The summed E-state index contributed by atoms with van der Waals surface area (Å²) in [4.78, 5) is 52.6. The van der Waals surface area contributed by atoms with Gasteiger partial charge in [-0.05, 0) is 54.3 Å². The fourth-order valence-electron chi connectivity index (χ4n) is 4.66. The number of carbonyl (C=O) groups is 4. The summed E-state index contributed by atoms with van der Waals surface area (Å²) >= 11 is 0. The smallest absolute Gasteiger partial charge is 0.255 e. The lowest BCUT2D eigenvalue weighted by Gasteiger charge is -2.29. The minimum absolute atomic E-state index is 0.0568. The summed E-state index contributed by atoms with van der Waals surface area (Å²) < 4.78 is 0. The van der Waals surface area contributed by atoms with E-state index in [2.05, 4.69) is 10.6 Å². The molecule has 1 unspecified atom stereocenters. The number of rotatable bonds is 7. The lowest BCUT2D eigenvalue weighted by molar-refractivity contribution is -0.133. The van der Waals surface area contributed by atoms with Gasteiger partial charge >= 0.3 is 0 Å². The highest BCUT2D eigenvalue weighted by Gasteiger charge is 2.38. The highest BCUT2D eigenvalue weighted by atomic mass is 16.2. The summed E-state index contributed by atoms with van der Waals surface area (Å²) in [6, 6.07) is 10.9. The molecule has 2 aliphatic rings. The normalized spacial score (nSPS) is 17.6. The van der Waals surface area contributed by atoms with Gasteiger partial charge in [0.1, 0.15) is 5.78 Å². The number of nitrogens with zero attached hydrogens (tertiary/aromatic N) is 2. The number of benzene rings is 2. The average Bonchev–Trinajstić information content (AvgIpc) is 3.11. The number of hydrogen-bond acceptors (Lipinski definition) is 6. The van der Waals surface area contributed by atoms with E-state index in [4.69, 9.17) is 0 Å². The number of hydrogen-bond donors (Lipinski definition) is 2. The number of fused-ring (bicyclic) bond motifs is 1. The Morgan fingerprint density at radius 3 is 2.62 bits per heavy atom. The number of carbonyl (C=O) groups excluding carboxylic acids is 4. The van der Waals surface area contributed by atoms with Gasteiger partial charge in [0.15, 0.2) is 5.78 Å². The fraction of sp³-hybridized carbons (Fsp3) is 0.385. The van der Waals surface area contributed by atoms with E-state index >= 15 is 0 Å². The van der Waals surface area contributed by atoms with Gasteiger partial charge in [0.05, 0.1) is 19.0 Å². The average molecular weight is 463 g/mol. The molecule has 34 heavy (non-hydrogen) atoms. The molecule has 0 aromatic heterocycles. The number of nitrogens with one attached hydrogen (secondary N) is 2. The van der Waals surface area contributed by atoms with Gasteiger partial charge in [0.2, 0.25) is 5.91 Å². The Morgan fingerprint density at radius 1 is 1.12 bits per heavy atom. The van der Waals surface area contributed by atoms with Crippen molar-refractivity contribution in [2.75, 3.05) is 30.9 Å². The Bertz CT molecular complexity index is 1160. The van der Waals surface area contributed by atoms with Crippen LogP contribution in [0.1, 0.15) is 46.3 Å². The molecular formula is C26H30N4O4. The Labute approximate surface area is 199 Å². The van der Waals surface area contributed by atoms with Crippen LogP contribution in [0.25, 0.3) is 0 Å². The van der Waals surface area contributed by atoms with Crippen LogP contribution in [0.4, 0.5) is 11.4 Å². The molecule has 1 saturated carbocycles. The standard InChI is InChI=1S/C26H30N4O4/c1-16-10-19(5-8-22(16)29(2)3)27-14-25(33)28-13-17-4-7-21-18(11-17)15-30(26(21)34)23-9-6-20(31)12-24(23)32/h4-5,7-8,10-11,23,27H,6,9,12-15H2,1-3H3,(H,28,33). The molecule has 8 nitrogen and oxygen atoms in total. The Hall–Kier alpha value is -3.68. The fourth-order valence-corrected chi connectivity index (χ4v) is 4.66. The van der Waals surface area contributed by atoms with Crippen molar-refractivity contribution in [3.8, 4) is 0 Å². The van der Waals surface area contributed by atoms with Crippen LogP contribution >= 0.6 is 0 Å². The first-order valence-corrected chi connectivity index (χ1v) is 11.5. The van der Waals surface area contributed by atoms with Gasteiger partial charge in [-0.1, -0.05) is 12.1 Å². The second-order valence-electron chi connectivity index (χ2n) is 9.19. The van der Waals surface area contributed by atoms with E-state index < -0.39 is 6.04 Å². The number of anilines is 2. The minimum Gasteiger partial charge on any atom is -0.377 e. The quantitative estimate of drug-likeness (QED) is 0.614. The molecule has 0 spiro atoms. The van der Waals surface area contributed by atoms with Gasteiger partial charge in [-0.3, -0.25) is 19.2 Å². The number of amides is 2. The number of Topliss-reactive ketones (excluding diaryl/α,β-unsaturated/α-hetero) is 2. The van der Waals surface area contributed by atoms with Crippen LogP contribution in [0.3, 0.4) is 0 Å². The molecule has 1 aliphatic heterocycles.